The summed E-state index contributed by atoms with van der Waals surface area (Å²) in [5.74, 6) is 1.34. The van der Waals surface area contributed by atoms with E-state index in [1.54, 1.807) is 0 Å². The first-order chi connectivity index (χ1) is 13.8. The van der Waals surface area contributed by atoms with Crippen LogP contribution < -0.4 is 0 Å². The van der Waals surface area contributed by atoms with Crippen LogP contribution in [0.25, 0.3) is 0 Å². The van der Waals surface area contributed by atoms with Crippen molar-refractivity contribution < 1.29 is 14.2 Å². The zero-order valence-corrected chi connectivity index (χ0v) is 16.9. The van der Waals surface area contributed by atoms with Crippen LogP contribution in [-0.2, 0) is 14.2 Å². The first-order valence-corrected chi connectivity index (χ1v) is 11.2. The molecule has 1 heterocycles. The SMILES string of the molecule is N#Cc1ccc(C2CCC(OCCCCOCC3CCC4OC4C3)CC2)cc1. The molecule has 0 N–H and O–H groups in total. The van der Waals surface area contributed by atoms with Gasteiger partial charge >= 0.3 is 0 Å². The average molecular weight is 384 g/mol. The number of rotatable bonds is 9. The van der Waals surface area contributed by atoms with Crippen LogP contribution in [0.15, 0.2) is 24.3 Å². The fourth-order valence-electron chi connectivity index (χ4n) is 4.84. The van der Waals surface area contributed by atoms with Crippen molar-refractivity contribution >= 4 is 0 Å². The number of epoxide rings is 1. The monoisotopic (exact) mass is 383 g/mol. The Balaban J connectivity index is 1.02. The molecule has 4 rings (SSSR count). The smallest absolute Gasteiger partial charge is 0.0991 e. The van der Waals surface area contributed by atoms with E-state index in [-0.39, 0.29) is 0 Å². The Labute approximate surface area is 169 Å². The van der Waals surface area contributed by atoms with E-state index in [2.05, 4.69) is 18.2 Å². The van der Waals surface area contributed by atoms with E-state index in [1.807, 2.05) is 12.1 Å². The van der Waals surface area contributed by atoms with E-state index < -0.39 is 0 Å². The second-order valence-electron chi connectivity index (χ2n) is 8.75. The minimum atomic E-state index is 0.421. The normalized spacial score (nSPS) is 31.8. The zero-order valence-electron chi connectivity index (χ0n) is 16.9. The van der Waals surface area contributed by atoms with E-state index in [9.17, 15) is 0 Å². The van der Waals surface area contributed by atoms with E-state index in [0.29, 0.717) is 30.1 Å². The van der Waals surface area contributed by atoms with Gasteiger partial charge in [0.15, 0.2) is 0 Å². The Morgan fingerprint density at radius 3 is 2.46 bits per heavy atom. The van der Waals surface area contributed by atoms with Crippen LogP contribution in [0, 0.1) is 17.2 Å². The van der Waals surface area contributed by atoms with Gasteiger partial charge < -0.3 is 14.2 Å². The Hall–Kier alpha value is -1.41. The molecule has 2 saturated carbocycles. The third-order valence-corrected chi connectivity index (χ3v) is 6.69. The molecule has 4 nitrogen and oxygen atoms in total. The lowest BCUT2D eigenvalue weighted by Gasteiger charge is -2.29. The molecule has 3 atom stereocenters. The molecule has 0 spiro atoms. The Bertz CT molecular complexity index is 645. The summed E-state index contributed by atoms with van der Waals surface area (Å²) in [7, 11) is 0. The number of fused-ring (bicyclic) bond motifs is 1. The van der Waals surface area contributed by atoms with Gasteiger partial charge in [-0.15, -0.1) is 0 Å². The Morgan fingerprint density at radius 1 is 0.929 bits per heavy atom. The number of benzene rings is 1. The maximum Gasteiger partial charge on any atom is 0.0991 e. The molecule has 0 amide bonds. The van der Waals surface area contributed by atoms with E-state index in [1.165, 1.54) is 37.7 Å². The number of ether oxygens (including phenoxy) is 3. The van der Waals surface area contributed by atoms with Crippen molar-refractivity contribution in [3.05, 3.63) is 35.4 Å². The van der Waals surface area contributed by atoms with E-state index in [4.69, 9.17) is 19.5 Å². The molecular formula is C24H33NO3. The standard InChI is InChI=1S/C24H33NO3/c25-16-18-3-6-20(7-4-18)21-8-10-22(11-9-21)27-14-2-1-13-26-17-19-5-12-23-24(15-19)28-23/h3-4,6-7,19,21-24H,1-2,5,8-15,17H2. The second-order valence-corrected chi connectivity index (χ2v) is 8.75. The highest BCUT2D eigenvalue weighted by molar-refractivity contribution is 5.33. The van der Waals surface area contributed by atoms with Gasteiger partial charge in [-0.2, -0.15) is 5.26 Å². The molecule has 152 valence electrons. The van der Waals surface area contributed by atoms with Crippen LogP contribution >= 0.6 is 0 Å². The van der Waals surface area contributed by atoms with Gasteiger partial charge in [-0.3, -0.25) is 0 Å². The fourth-order valence-corrected chi connectivity index (χ4v) is 4.84. The lowest BCUT2D eigenvalue weighted by Crippen LogP contribution is -2.21. The quantitative estimate of drug-likeness (QED) is 0.446. The number of nitrogens with zero attached hydrogens (tertiary/aromatic N) is 1. The van der Waals surface area contributed by atoms with Crippen LogP contribution in [0.5, 0.6) is 0 Å². The van der Waals surface area contributed by atoms with Gasteiger partial charge in [-0.1, -0.05) is 12.1 Å². The summed E-state index contributed by atoms with van der Waals surface area (Å²) in [5, 5.41) is 8.92. The van der Waals surface area contributed by atoms with Gasteiger partial charge in [-0.25, -0.2) is 0 Å². The predicted molar refractivity (Wildman–Crippen MR) is 108 cm³/mol. The number of nitriles is 1. The Morgan fingerprint density at radius 2 is 1.71 bits per heavy atom. The van der Waals surface area contributed by atoms with Crippen LogP contribution in [0.3, 0.4) is 0 Å². The van der Waals surface area contributed by atoms with Crippen LogP contribution in [0.1, 0.15) is 74.8 Å². The van der Waals surface area contributed by atoms with Crippen molar-refractivity contribution in [1.82, 2.24) is 0 Å². The van der Waals surface area contributed by atoms with Gasteiger partial charge in [0, 0.05) is 19.8 Å². The van der Waals surface area contributed by atoms with Crippen molar-refractivity contribution in [2.45, 2.75) is 82.0 Å². The summed E-state index contributed by atoms with van der Waals surface area (Å²) >= 11 is 0. The summed E-state index contributed by atoms with van der Waals surface area (Å²) < 4.78 is 17.6. The maximum absolute atomic E-state index is 8.92. The molecule has 3 fully saturated rings. The van der Waals surface area contributed by atoms with Gasteiger partial charge in [0.25, 0.3) is 0 Å². The van der Waals surface area contributed by atoms with Gasteiger partial charge in [0.05, 0.1) is 29.9 Å². The first-order valence-electron chi connectivity index (χ1n) is 11.2. The molecule has 0 bridgehead atoms. The van der Waals surface area contributed by atoms with Crippen LogP contribution in [-0.4, -0.2) is 38.1 Å². The number of hydrogen-bond donors (Lipinski definition) is 0. The molecule has 3 unspecified atom stereocenters. The molecule has 0 aromatic heterocycles. The summed E-state index contributed by atoms with van der Waals surface area (Å²) in [6, 6.07) is 10.3. The first kappa shape index (κ1) is 19.9. The largest absolute Gasteiger partial charge is 0.381 e. The summed E-state index contributed by atoms with van der Waals surface area (Å²) in [4.78, 5) is 0. The highest BCUT2D eigenvalue weighted by Crippen LogP contribution is 2.39. The summed E-state index contributed by atoms with van der Waals surface area (Å²) in [5.41, 5.74) is 2.12. The van der Waals surface area contributed by atoms with Crippen molar-refractivity contribution in [2.75, 3.05) is 19.8 Å². The summed E-state index contributed by atoms with van der Waals surface area (Å²) in [6.45, 7) is 2.63. The molecule has 1 aromatic rings. The second kappa shape index (κ2) is 9.87. The minimum absolute atomic E-state index is 0.421. The van der Waals surface area contributed by atoms with Crippen molar-refractivity contribution in [1.29, 1.82) is 5.26 Å². The third kappa shape index (κ3) is 5.56. The lowest BCUT2D eigenvalue weighted by atomic mass is 9.82. The molecule has 1 aliphatic heterocycles. The number of unbranched alkanes of at least 4 members (excludes halogenated alkanes) is 1. The zero-order chi connectivity index (χ0) is 19.2. The Kier molecular flexibility index (Phi) is 7.01. The highest BCUT2D eigenvalue weighted by Gasteiger charge is 2.43. The van der Waals surface area contributed by atoms with Gasteiger partial charge in [-0.05, 0) is 87.3 Å². The third-order valence-electron chi connectivity index (χ3n) is 6.69. The lowest BCUT2D eigenvalue weighted by molar-refractivity contribution is 0.0175. The molecule has 1 saturated heterocycles. The van der Waals surface area contributed by atoms with Crippen LogP contribution in [0.2, 0.25) is 0 Å². The van der Waals surface area contributed by atoms with Gasteiger partial charge in [0.1, 0.15) is 0 Å². The minimum Gasteiger partial charge on any atom is -0.381 e. The molecule has 28 heavy (non-hydrogen) atoms. The average Bonchev–Trinajstić information content (AvgIpc) is 3.52. The molecule has 2 aliphatic carbocycles. The number of hydrogen-bond acceptors (Lipinski definition) is 4. The molecular weight excluding hydrogens is 350 g/mol. The fraction of sp³-hybridized carbons (Fsp3) is 0.708. The molecule has 3 aliphatic rings. The highest BCUT2D eigenvalue weighted by atomic mass is 16.6. The summed E-state index contributed by atoms with van der Waals surface area (Å²) in [6.07, 6.45) is 12.1. The van der Waals surface area contributed by atoms with Gasteiger partial charge in [0.2, 0.25) is 0 Å². The molecule has 0 radical (unpaired) electrons. The van der Waals surface area contributed by atoms with Crippen molar-refractivity contribution in [2.24, 2.45) is 5.92 Å². The van der Waals surface area contributed by atoms with E-state index in [0.717, 1.165) is 51.1 Å². The van der Waals surface area contributed by atoms with Crippen molar-refractivity contribution in [3.8, 4) is 6.07 Å². The topological polar surface area (TPSA) is 54.8 Å². The van der Waals surface area contributed by atoms with Crippen LogP contribution in [0.4, 0.5) is 0 Å². The maximum atomic E-state index is 8.92. The van der Waals surface area contributed by atoms with Crippen molar-refractivity contribution in [3.63, 3.8) is 0 Å². The molecule has 1 aromatic carbocycles. The van der Waals surface area contributed by atoms with E-state index >= 15 is 0 Å². The molecule has 4 heteroatoms. The predicted octanol–water partition coefficient (Wildman–Crippen LogP) is 4.97.